The standard InChI is InChI=1S/C12H13N3O2S2/c16-11(17)3-8-5-18-12(14-8)19-6-10-4-13-7-15(10)9-1-2-9/h4-5,7,9H,1-3,6H2,(H,16,17). The van der Waals surface area contributed by atoms with E-state index in [4.69, 9.17) is 5.11 Å². The van der Waals surface area contributed by atoms with E-state index in [0.29, 0.717) is 11.7 Å². The molecule has 0 amide bonds. The van der Waals surface area contributed by atoms with E-state index in [1.807, 2.05) is 17.9 Å². The van der Waals surface area contributed by atoms with Crippen molar-refractivity contribution >= 4 is 29.1 Å². The summed E-state index contributed by atoms with van der Waals surface area (Å²) in [6, 6.07) is 0.636. The molecule has 0 aliphatic heterocycles. The molecule has 1 saturated carbocycles. The summed E-state index contributed by atoms with van der Waals surface area (Å²) in [6.07, 6.45) is 6.28. The van der Waals surface area contributed by atoms with Gasteiger partial charge in [0.2, 0.25) is 0 Å². The van der Waals surface area contributed by atoms with Gasteiger partial charge in [0.1, 0.15) is 0 Å². The van der Waals surface area contributed by atoms with Crippen LogP contribution in [0.25, 0.3) is 0 Å². The molecule has 7 heteroatoms. The molecule has 1 fully saturated rings. The van der Waals surface area contributed by atoms with Gasteiger partial charge in [-0.15, -0.1) is 11.3 Å². The van der Waals surface area contributed by atoms with Crippen LogP contribution in [0.1, 0.15) is 30.3 Å². The summed E-state index contributed by atoms with van der Waals surface area (Å²) < 4.78 is 3.15. The molecule has 100 valence electrons. The number of hydrogen-bond acceptors (Lipinski definition) is 5. The van der Waals surface area contributed by atoms with Crippen molar-refractivity contribution in [2.45, 2.75) is 35.4 Å². The Morgan fingerprint density at radius 3 is 3.16 bits per heavy atom. The molecule has 19 heavy (non-hydrogen) atoms. The quantitative estimate of drug-likeness (QED) is 0.830. The van der Waals surface area contributed by atoms with Gasteiger partial charge in [-0.2, -0.15) is 0 Å². The van der Waals surface area contributed by atoms with E-state index in [1.54, 1.807) is 11.8 Å². The van der Waals surface area contributed by atoms with E-state index in [2.05, 4.69) is 14.5 Å². The first-order chi connectivity index (χ1) is 9.22. The molecule has 5 nitrogen and oxygen atoms in total. The number of imidazole rings is 1. The topological polar surface area (TPSA) is 68.0 Å². The molecule has 0 bridgehead atoms. The third-order valence-corrected chi connectivity index (χ3v) is 5.00. The number of carboxylic acids is 1. The fraction of sp³-hybridized carbons (Fsp3) is 0.417. The van der Waals surface area contributed by atoms with Crippen LogP contribution in [0.3, 0.4) is 0 Å². The smallest absolute Gasteiger partial charge is 0.309 e. The first-order valence-corrected chi connectivity index (χ1v) is 7.88. The lowest BCUT2D eigenvalue weighted by atomic mass is 10.3. The zero-order valence-corrected chi connectivity index (χ0v) is 11.8. The fourth-order valence-electron chi connectivity index (χ4n) is 1.85. The minimum absolute atomic E-state index is 0.00291. The van der Waals surface area contributed by atoms with Crippen molar-refractivity contribution in [2.75, 3.05) is 0 Å². The van der Waals surface area contributed by atoms with E-state index in [1.165, 1.54) is 29.9 Å². The zero-order chi connectivity index (χ0) is 13.2. The molecule has 0 spiro atoms. The van der Waals surface area contributed by atoms with E-state index in [0.717, 1.165) is 10.1 Å². The molecule has 1 aliphatic rings. The van der Waals surface area contributed by atoms with E-state index >= 15 is 0 Å². The predicted molar refractivity (Wildman–Crippen MR) is 73.5 cm³/mol. The highest BCUT2D eigenvalue weighted by Gasteiger charge is 2.25. The number of thioether (sulfide) groups is 1. The van der Waals surface area contributed by atoms with Gasteiger partial charge in [0.25, 0.3) is 0 Å². The van der Waals surface area contributed by atoms with Crippen LogP contribution in [0.4, 0.5) is 0 Å². The van der Waals surface area contributed by atoms with E-state index in [-0.39, 0.29) is 6.42 Å². The maximum Gasteiger partial charge on any atom is 0.309 e. The molecule has 1 N–H and O–H groups in total. The van der Waals surface area contributed by atoms with E-state index < -0.39 is 5.97 Å². The van der Waals surface area contributed by atoms with Gasteiger partial charge in [-0.1, -0.05) is 11.8 Å². The van der Waals surface area contributed by atoms with Crippen molar-refractivity contribution in [3.05, 3.63) is 29.3 Å². The average molecular weight is 295 g/mol. The SMILES string of the molecule is O=C(O)Cc1csc(SCc2cncn2C2CC2)n1. The molecule has 2 aromatic rings. The Morgan fingerprint density at radius 1 is 1.58 bits per heavy atom. The van der Waals surface area contributed by atoms with Gasteiger partial charge in [-0.25, -0.2) is 9.97 Å². The first-order valence-electron chi connectivity index (χ1n) is 6.02. The third-order valence-electron chi connectivity index (χ3n) is 2.89. The second kappa shape index (κ2) is 5.34. The summed E-state index contributed by atoms with van der Waals surface area (Å²) in [6.45, 7) is 0. The van der Waals surface area contributed by atoms with Crippen molar-refractivity contribution in [2.24, 2.45) is 0 Å². The third kappa shape index (κ3) is 3.16. The van der Waals surface area contributed by atoms with Gasteiger partial charge in [-0.3, -0.25) is 4.79 Å². The molecule has 0 atom stereocenters. The monoisotopic (exact) mass is 295 g/mol. The number of nitrogens with zero attached hydrogens (tertiary/aromatic N) is 3. The average Bonchev–Trinajstić information content (AvgIpc) is 2.94. The highest BCUT2D eigenvalue weighted by atomic mass is 32.2. The Balaban J connectivity index is 1.60. The second-order valence-electron chi connectivity index (χ2n) is 4.49. The van der Waals surface area contributed by atoms with Crippen LogP contribution in [-0.2, 0) is 17.0 Å². The molecule has 0 radical (unpaired) electrons. The highest BCUT2D eigenvalue weighted by Crippen LogP contribution is 2.37. The Hall–Kier alpha value is -1.34. The maximum atomic E-state index is 10.6. The zero-order valence-electron chi connectivity index (χ0n) is 10.2. The first kappa shape index (κ1) is 12.7. The number of carbonyl (C=O) groups is 1. The van der Waals surface area contributed by atoms with Crippen molar-refractivity contribution in [3.8, 4) is 0 Å². The van der Waals surface area contributed by atoms with Crippen molar-refractivity contribution in [1.29, 1.82) is 0 Å². The lowest BCUT2D eigenvalue weighted by molar-refractivity contribution is -0.136. The summed E-state index contributed by atoms with van der Waals surface area (Å²) >= 11 is 3.14. The van der Waals surface area contributed by atoms with Gasteiger partial charge in [-0.05, 0) is 12.8 Å². The molecule has 1 aliphatic carbocycles. The van der Waals surface area contributed by atoms with Gasteiger partial charge >= 0.3 is 5.97 Å². The van der Waals surface area contributed by atoms with Crippen LogP contribution in [0.2, 0.25) is 0 Å². The van der Waals surface area contributed by atoms with Gasteiger partial charge in [0.15, 0.2) is 4.34 Å². The number of carboxylic acid groups (broad SMARTS) is 1. The Bertz CT molecular complexity index is 589. The number of rotatable bonds is 6. The van der Waals surface area contributed by atoms with Crippen LogP contribution in [0, 0.1) is 0 Å². The summed E-state index contributed by atoms with van der Waals surface area (Å²) in [5, 5.41) is 10.5. The molecular weight excluding hydrogens is 282 g/mol. The van der Waals surface area contributed by atoms with Gasteiger partial charge in [0, 0.05) is 29.1 Å². The van der Waals surface area contributed by atoms with Crippen LogP contribution in [0.15, 0.2) is 22.2 Å². The van der Waals surface area contributed by atoms with Crippen LogP contribution < -0.4 is 0 Å². The predicted octanol–water partition coefficient (Wildman–Crippen LogP) is 2.59. The lowest BCUT2D eigenvalue weighted by Gasteiger charge is -2.04. The number of hydrogen-bond donors (Lipinski definition) is 1. The normalized spacial score (nSPS) is 14.7. The van der Waals surface area contributed by atoms with Crippen LogP contribution in [0.5, 0.6) is 0 Å². The minimum atomic E-state index is -0.839. The molecule has 0 saturated heterocycles. The highest BCUT2D eigenvalue weighted by molar-refractivity contribution is 8.00. The van der Waals surface area contributed by atoms with Crippen LogP contribution in [-0.4, -0.2) is 25.6 Å². The van der Waals surface area contributed by atoms with Crippen molar-refractivity contribution < 1.29 is 9.90 Å². The van der Waals surface area contributed by atoms with Crippen LogP contribution >= 0.6 is 23.1 Å². The maximum absolute atomic E-state index is 10.6. The molecule has 3 rings (SSSR count). The number of aliphatic carboxylic acids is 1. The van der Waals surface area contributed by atoms with Gasteiger partial charge in [0.05, 0.1) is 18.4 Å². The van der Waals surface area contributed by atoms with Gasteiger partial charge < -0.3 is 9.67 Å². The molecule has 2 aromatic heterocycles. The Morgan fingerprint density at radius 2 is 2.42 bits per heavy atom. The Kier molecular flexibility index (Phi) is 3.56. The minimum Gasteiger partial charge on any atom is -0.481 e. The van der Waals surface area contributed by atoms with Crippen molar-refractivity contribution in [3.63, 3.8) is 0 Å². The van der Waals surface area contributed by atoms with Crippen molar-refractivity contribution in [1.82, 2.24) is 14.5 Å². The number of thiazole rings is 1. The Labute approximate surface area is 118 Å². The summed E-state index contributed by atoms with van der Waals surface area (Å²) in [4.78, 5) is 19.1. The fourth-order valence-corrected chi connectivity index (χ4v) is 3.66. The molecule has 2 heterocycles. The van der Waals surface area contributed by atoms with E-state index in [9.17, 15) is 4.79 Å². The molecular formula is C12H13N3O2S2. The second-order valence-corrected chi connectivity index (χ2v) is 6.57. The summed E-state index contributed by atoms with van der Waals surface area (Å²) in [7, 11) is 0. The number of aromatic nitrogens is 3. The molecule has 0 unspecified atom stereocenters. The lowest BCUT2D eigenvalue weighted by Crippen LogP contribution is -2.00. The largest absolute Gasteiger partial charge is 0.481 e. The summed E-state index contributed by atoms with van der Waals surface area (Å²) in [5.74, 6) is -0.00932. The summed E-state index contributed by atoms with van der Waals surface area (Å²) in [5.41, 5.74) is 1.85. The molecule has 0 aromatic carbocycles.